The Kier molecular flexibility index (Phi) is 4.53. The molecule has 1 aliphatic heterocycles. The maximum Gasteiger partial charge on any atom is 0.228 e. The van der Waals surface area contributed by atoms with Crippen LogP contribution >= 0.6 is 0 Å². The maximum absolute atomic E-state index is 9.80. The molecule has 0 radical (unpaired) electrons. The zero-order valence-electron chi connectivity index (χ0n) is 18.0. The van der Waals surface area contributed by atoms with Gasteiger partial charge < -0.3 is 10.4 Å². The van der Waals surface area contributed by atoms with Crippen LogP contribution in [0.25, 0.3) is 16.9 Å². The summed E-state index contributed by atoms with van der Waals surface area (Å²) in [5.74, 6) is 2.86. The molecule has 0 spiro atoms. The molecule has 9 nitrogen and oxygen atoms in total. The molecular weight excluding hydrogens is 416 g/mol. The summed E-state index contributed by atoms with van der Waals surface area (Å²) in [4.78, 5) is 9.04. The molecule has 1 aromatic carbocycles. The highest BCUT2D eigenvalue weighted by molar-refractivity contribution is 5.66. The average molecular weight is 438 g/mol. The molecule has 5 heterocycles. The van der Waals surface area contributed by atoms with Crippen LogP contribution in [-0.4, -0.2) is 39.5 Å². The summed E-state index contributed by atoms with van der Waals surface area (Å²) in [5.41, 5.74) is 4.90. The van der Waals surface area contributed by atoms with Gasteiger partial charge in [0.2, 0.25) is 5.95 Å². The zero-order chi connectivity index (χ0) is 22.4. The van der Waals surface area contributed by atoms with Gasteiger partial charge in [0.25, 0.3) is 0 Å². The number of pyridine rings is 1. The highest BCUT2D eigenvalue weighted by atomic mass is 16.3. The molecule has 5 aromatic rings. The van der Waals surface area contributed by atoms with Crippen molar-refractivity contribution in [2.45, 2.75) is 25.2 Å². The molecule has 33 heavy (non-hydrogen) atoms. The molecule has 1 atom stereocenters. The zero-order valence-corrected chi connectivity index (χ0v) is 18.0. The molecule has 0 aliphatic carbocycles. The Labute approximate surface area is 189 Å². The van der Waals surface area contributed by atoms with E-state index in [1.54, 1.807) is 23.1 Å². The number of hydrogen-bond donors (Lipinski definition) is 2. The van der Waals surface area contributed by atoms with Crippen molar-refractivity contribution in [3.05, 3.63) is 78.0 Å². The molecule has 6 rings (SSSR count). The molecule has 2 N–H and O–H groups in total. The second-order valence-corrected chi connectivity index (χ2v) is 8.33. The largest absolute Gasteiger partial charge is 0.508 e. The number of phenols is 1. The minimum Gasteiger partial charge on any atom is -0.508 e. The third-order valence-electron chi connectivity index (χ3n) is 6.13. The molecular formula is C24H22N8O. The Morgan fingerprint density at radius 2 is 2.03 bits per heavy atom. The molecule has 0 saturated carbocycles. The lowest BCUT2D eigenvalue weighted by Crippen LogP contribution is -2.17. The average Bonchev–Trinajstić information content (AvgIpc) is 3.43. The van der Waals surface area contributed by atoms with E-state index in [0.29, 0.717) is 11.7 Å². The fourth-order valence-corrected chi connectivity index (χ4v) is 4.52. The number of nitrogens with one attached hydrogen (secondary N) is 1. The first-order valence-electron chi connectivity index (χ1n) is 10.9. The van der Waals surface area contributed by atoms with E-state index < -0.39 is 0 Å². The third kappa shape index (κ3) is 3.57. The van der Waals surface area contributed by atoms with Gasteiger partial charge in [0.1, 0.15) is 17.4 Å². The fraction of sp³-hybridized carbons (Fsp3) is 0.208. The van der Waals surface area contributed by atoms with E-state index in [1.807, 2.05) is 43.4 Å². The summed E-state index contributed by atoms with van der Waals surface area (Å²) in [7, 11) is 1.86. The normalized spacial score (nSPS) is 15.1. The Bertz CT molecular complexity index is 1470. The SMILES string of the molecule is Cn1nccc1Nc1nccc(-c2cc3n4c(nnc4c2)C(Cc2cccc(O)c2)CC3)n1. The third-order valence-corrected chi connectivity index (χ3v) is 6.13. The number of rotatable bonds is 5. The monoisotopic (exact) mass is 438 g/mol. The Morgan fingerprint density at radius 3 is 2.88 bits per heavy atom. The van der Waals surface area contributed by atoms with Gasteiger partial charge in [0, 0.05) is 36.5 Å². The van der Waals surface area contributed by atoms with Crippen molar-refractivity contribution >= 4 is 17.4 Å². The van der Waals surface area contributed by atoms with Gasteiger partial charge in [-0.2, -0.15) is 5.10 Å². The Morgan fingerprint density at radius 1 is 1.09 bits per heavy atom. The Balaban J connectivity index is 1.32. The first-order chi connectivity index (χ1) is 16.1. The molecule has 0 bridgehead atoms. The first kappa shape index (κ1) is 19.4. The smallest absolute Gasteiger partial charge is 0.228 e. The van der Waals surface area contributed by atoms with Gasteiger partial charge in [-0.15, -0.1) is 10.2 Å². The quantitative estimate of drug-likeness (QED) is 0.431. The van der Waals surface area contributed by atoms with Gasteiger partial charge in [-0.3, -0.25) is 9.08 Å². The van der Waals surface area contributed by atoms with Crippen LogP contribution in [0.2, 0.25) is 0 Å². The molecule has 9 heteroatoms. The van der Waals surface area contributed by atoms with Crippen LogP contribution in [0.15, 0.2) is 60.9 Å². The van der Waals surface area contributed by atoms with Crippen LogP contribution in [0.3, 0.4) is 0 Å². The minimum absolute atomic E-state index is 0.258. The van der Waals surface area contributed by atoms with Gasteiger partial charge >= 0.3 is 0 Å². The van der Waals surface area contributed by atoms with Crippen molar-refractivity contribution in [1.82, 2.24) is 34.3 Å². The topological polar surface area (TPSA) is 106 Å². The highest BCUT2D eigenvalue weighted by Gasteiger charge is 2.26. The maximum atomic E-state index is 9.80. The number of aromatic nitrogens is 7. The summed E-state index contributed by atoms with van der Waals surface area (Å²) in [6.07, 6.45) is 6.19. The van der Waals surface area contributed by atoms with Gasteiger partial charge in [0.15, 0.2) is 5.65 Å². The number of aryl methyl sites for hydroxylation is 2. The van der Waals surface area contributed by atoms with Gasteiger partial charge in [-0.05, 0) is 55.2 Å². The number of phenolic OH excluding ortho intramolecular Hbond substituents is 1. The summed E-state index contributed by atoms with van der Waals surface area (Å²) >= 11 is 0. The molecule has 1 unspecified atom stereocenters. The lowest BCUT2D eigenvalue weighted by atomic mass is 9.90. The summed E-state index contributed by atoms with van der Waals surface area (Å²) in [6, 6.07) is 15.4. The van der Waals surface area contributed by atoms with Crippen LogP contribution in [0.5, 0.6) is 5.75 Å². The van der Waals surface area contributed by atoms with Crippen molar-refractivity contribution in [2.75, 3.05) is 5.32 Å². The van der Waals surface area contributed by atoms with Gasteiger partial charge in [-0.25, -0.2) is 9.97 Å². The molecule has 0 amide bonds. The van der Waals surface area contributed by atoms with E-state index in [9.17, 15) is 5.11 Å². The van der Waals surface area contributed by atoms with E-state index in [4.69, 9.17) is 4.98 Å². The van der Waals surface area contributed by atoms with Crippen LogP contribution in [0, 0.1) is 0 Å². The van der Waals surface area contributed by atoms with Crippen molar-refractivity contribution < 1.29 is 5.11 Å². The Hall–Kier alpha value is -4.27. The van der Waals surface area contributed by atoms with Crippen LogP contribution in [0.4, 0.5) is 11.8 Å². The molecule has 1 aliphatic rings. The predicted octanol–water partition coefficient (Wildman–Crippen LogP) is 3.64. The molecule has 164 valence electrons. The highest BCUT2D eigenvalue weighted by Crippen LogP contribution is 2.33. The van der Waals surface area contributed by atoms with Crippen molar-refractivity contribution in [1.29, 1.82) is 0 Å². The van der Waals surface area contributed by atoms with Gasteiger partial charge in [0.05, 0.1) is 11.9 Å². The molecule has 0 saturated heterocycles. The van der Waals surface area contributed by atoms with Crippen molar-refractivity contribution in [2.24, 2.45) is 7.05 Å². The van der Waals surface area contributed by atoms with E-state index in [0.717, 1.165) is 53.4 Å². The first-order valence-corrected chi connectivity index (χ1v) is 10.9. The lowest BCUT2D eigenvalue weighted by Gasteiger charge is -2.23. The van der Waals surface area contributed by atoms with E-state index in [2.05, 4.69) is 36.1 Å². The van der Waals surface area contributed by atoms with Crippen LogP contribution in [0.1, 0.15) is 29.4 Å². The van der Waals surface area contributed by atoms with E-state index in [-0.39, 0.29) is 5.92 Å². The van der Waals surface area contributed by atoms with E-state index >= 15 is 0 Å². The number of nitrogens with zero attached hydrogens (tertiary/aromatic N) is 7. The second-order valence-electron chi connectivity index (χ2n) is 8.33. The number of hydrogen-bond acceptors (Lipinski definition) is 7. The molecule has 4 aromatic heterocycles. The van der Waals surface area contributed by atoms with Crippen molar-refractivity contribution in [3.63, 3.8) is 0 Å². The number of benzene rings is 1. The summed E-state index contributed by atoms with van der Waals surface area (Å²) in [5, 5.41) is 26.2. The summed E-state index contributed by atoms with van der Waals surface area (Å²) in [6.45, 7) is 0. The van der Waals surface area contributed by atoms with Crippen LogP contribution < -0.4 is 5.32 Å². The molecule has 0 fully saturated rings. The van der Waals surface area contributed by atoms with E-state index in [1.165, 1.54) is 5.69 Å². The summed E-state index contributed by atoms with van der Waals surface area (Å²) < 4.78 is 3.90. The minimum atomic E-state index is 0.258. The standard InChI is InChI=1S/C24H22N8O/c1-31-21(8-10-26-31)28-24-25-9-7-20(27-24)17-13-18-6-5-16(11-15-3-2-4-19(33)12-15)23-30-29-22(14-17)32(18)23/h2-4,7-10,12-14,16,33H,5-6,11H2,1H3,(H,25,27,28). The van der Waals surface area contributed by atoms with Crippen molar-refractivity contribution in [3.8, 4) is 17.0 Å². The fourth-order valence-electron chi connectivity index (χ4n) is 4.52. The number of aromatic hydroxyl groups is 1. The predicted molar refractivity (Wildman–Crippen MR) is 123 cm³/mol. The second kappa shape index (κ2) is 7.70. The van der Waals surface area contributed by atoms with Crippen LogP contribution in [-0.2, 0) is 19.9 Å². The number of anilines is 2. The van der Waals surface area contributed by atoms with Gasteiger partial charge in [-0.1, -0.05) is 12.1 Å². The lowest BCUT2D eigenvalue weighted by molar-refractivity contribution is 0.473.